The van der Waals surface area contributed by atoms with Crippen LogP contribution in [0.15, 0.2) is 0 Å². The van der Waals surface area contributed by atoms with Crippen molar-refractivity contribution in [3.63, 3.8) is 0 Å². The van der Waals surface area contributed by atoms with Crippen molar-refractivity contribution >= 4 is 16.0 Å². The number of anilines is 1. The van der Waals surface area contributed by atoms with Crippen molar-refractivity contribution in [2.45, 2.75) is 26.7 Å². The molecule has 0 saturated carbocycles. The van der Waals surface area contributed by atoms with Crippen molar-refractivity contribution in [2.24, 2.45) is 0 Å². The van der Waals surface area contributed by atoms with Gasteiger partial charge in [0.1, 0.15) is 0 Å². The average molecular weight is 273 g/mol. The summed E-state index contributed by atoms with van der Waals surface area (Å²) in [5, 5.41) is 11.0. The molecule has 0 radical (unpaired) electrons. The zero-order chi connectivity index (χ0) is 13.6. The molecule has 1 aromatic rings. The summed E-state index contributed by atoms with van der Waals surface area (Å²) < 4.78 is 24.1. The van der Waals surface area contributed by atoms with E-state index in [0.29, 0.717) is 19.0 Å². The normalized spacial score (nSPS) is 11.5. The minimum Gasteiger partial charge on any atom is -0.352 e. The number of nitrogens with one attached hydrogen (secondary N) is 2. The molecule has 0 bridgehead atoms. The zero-order valence-corrected chi connectivity index (χ0v) is 11.7. The summed E-state index contributed by atoms with van der Waals surface area (Å²) in [6.45, 7) is 4.73. The SMILES string of the molecule is CCc1nnc(NCCNS(C)(=O)=O)nc1CC. The topological polar surface area (TPSA) is 96.9 Å². The number of hydrogen-bond acceptors (Lipinski definition) is 6. The van der Waals surface area contributed by atoms with Crippen molar-refractivity contribution in [3.8, 4) is 0 Å². The summed E-state index contributed by atoms with van der Waals surface area (Å²) >= 11 is 0. The van der Waals surface area contributed by atoms with Crippen LogP contribution in [0.2, 0.25) is 0 Å². The Hall–Kier alpha value is -1.28. The summed E-state index contributed by atoms with van der Waals surface area (Å²) in [6, 6.07) is 0. The number of nitrogens with zero attached hydrogens (tertiary/aromatic N) is 3. The van der Waals surface area contributed by atoms with Gasteiger partial charge in [0.2, 0.25) is 16.0 Å². The fourth-order valence-electron chi connectivity index (χ4n) is 1.42. The first-order valence-corrected chi connectivity index (χ1v) is 7.76. The van der Waals surface area contributed by atoms with Gasteiger partial charge in [-0.2, -0.15) is 5.10 Å². The second-order valence-electron chi connectivity index (χ2n) is 3.83. The van der Waals surface area contributed by atoms with Crippen LogP contribution in [0.25, 0.3) is 0 Å². The number of aryl methyl sites for hydroxylation is 2. The molecule has 0 unspecified atom stereocenters. The lowest BCUT2D eigenvalue weighted by Crippen LogP contribution is -2.28. The Kier molecular flexibility index (Phi) is 5.42. The number of sulfonamides is 1. The number of hydrogen-bond donors (Lipinski definition) is 2. The van der Waals surface area contributed by atoms with Crippen LogP contribution in [0.4, 0.5) is 5.95 Å². The number of aromatic nitrogens is 3. The highest BCUT2D eigenvalue weighted by Crippen LogP contribution is 2.06. The summed E-state index contributed by atoms with van der Waals surface area (Å²) in [5.41, 5.74) is 1.82. The van der Waals surface area contributed by atoms with Gasteiger partial charge in [-0.1, -0.05) is 13.8 Å². The van der Waals surface area contributed by atoms with E-state index in [2.05, 4.69) is 25.2 Å². The van der Waals surface area contributed by atoms with Crippen molar-refractivity contribution in [1.29, 1.82) is 0 Å². The Morgan fingerprint density at radius 3 is 2.28 bits per heavy atom. The highest BCUT2D eigenvalue weighted by molar-refractivity contribution is 7.88. The van der Waals surface area contributed by atoms with Gasteiger partial charge in [0.15, 0.2) is 0 Å². The van der Waals surface area contributed by atoms with Crippen LogP contribution >= 0.6 is 0 Å². The van der Waals surface area contributed by atoms with E-state index in [1.165, 1.54) is 0 Å². The molecule has 0 atom stereocenters. The van der Waals surface area contributed by atoms with Crippen LogP contribution in [0.5, 0.6) is 0 Å². The maximum atomic E-state index is 10.8. The zero-order valence-electron chi connectivity index (χ0n) is 10.9. The molecular weight excluding hydrogens is 254 g/mol. The van der Waals surface area contributed by atoms with Crippen LogP contribution in [0.3, 0.4) is 0 Å². The van der Waals surface area contributed by atoms with E-state index >= 15 is 0 Å². The molecule has 0 aliphatic rings. The third-order valence-electron chi connectivity index (χ3n) is 2.28. The fraction of sp³-hybridized carbons (Fsp3) is 0.700. The van der Waals surface area contributed by atoms with E-state index in [-0.39, 0.29) is 0 Å². The van der Waals surface area contributed by atoms with E-state index in [4.69, 9.17) is 0 Å². The van der Waals surface area contributed by atoms with Gasteiger partial charge >= 0.3 is 0 Å². The standard InChI is InChI=1S/C10H19N5O2S/c1-4-8-9(5-2)14-15-10(13-8)11-6-7-12-18(3,16)17/h12H,4-7H2,1-3H3,(H,11,13,15). The predicted octanol–water partition coefficient (Wildman–Crippen LogP) is -0.0425. The van der Waals surface area contributed by atoms with Gasteiger partial charge in [0, 0.05) is 13.1 Å². The molecule has 1 heterocycles. The lowest BCUT2D eigenvalue weighted by atomic mass is 10.2. The lowest BCUT2D eigenvalue weighted by Gasteiger charge is -2.07. The summed E-state index contributed by atoms with van der Waals surface area (Å²) in [4.78, 5) is 4.33. The molecule has 7 nitrogen and oxygen atoms in total. The van der Waals surface area contributed by atoms with Gasteiger partial charge in [-0.15, -0.1) is 5.10 Å². The first-order chi connectivity index (χ1) is 8.46. The van der Waals surface area contributed by atoms with Crippen LogP contribution in [0.1, 0.15) is 25.2 Å². The maximum Gasteiger partial charge on any atom is 0.243 e. The largest absolute Gasteiger partial charge is 0.352 e. The second-order valence-corrected chi connectivity index (χ2v) is 5.66. The predicted molar refractivity (Wildman–Crippen MR) is 69.9 cm³/mol. The Balaban J connectivity index is 2.53. The Morgan fingerprint density at radius 2 is 1.72 bits per heavy atom. The van der Waals surface area contributed by atoms with Crippen LogP contribution in [0, 0.1) is 0 Å². The van der Waals surface area contributed by atoms with Gasteiger partial charge in [0.05, 0.1) is 17.6 Å². The summed E-state index contributed by atoms with van der Waals surface area (Å²) in [6.07, 6.45) is 2.73. The molecule has 0 aromatic carbocycles. The van der Waals surface area contributed by atoms with Crippen LogP contribution in [-0.4, -0.2) is 42.9 Å². The van der Waals surface area contributed by atoms with Crippen molar-refractivity contribution in [3.05, 3.63) is 11.4 Å². The molecule has 0 spiro atoms. The average Bonchev–Trinajstić information content (AvgIpc) is 2.33. The Morgan fingerprint density at radius 1 is 1.06 bits per heavy atom. The summed E-state index contributed by atoms with van der Waals surface area (Å²) in [5.74, 6) is 0.430. The van der Waals surface area contributed by atoms with Gasteiger partial charge in [-0.3, -0.25) is 0 Å². The third kappa shape index (κ3) is 4.92. The Bertz CT molecular complexity index is 489. The second kappa shape index (κ2) is 6.60. The van der Waals surface area contributed by atoms with Gasteiger partial charge in [-0.05, 0) is 12.8 Å². The molecule has 1 rings (SSSR count). The third-order valence-corrected chi connectivity index (χ3v) is 3.01. The van der Waals surface area contributed by atoms with Gasteiger partial charge < -0.3 is 5.32 Å². The minimum absolute atomic E-state index is 0.291. The highest BCUT2D eigenvalue weighted by Gasteiger charge is 2.05. The quantitative estimate of drug-likeness (QED) is 0.676. The smallest absolute Gasteiger partial charge is 0.243 e. The molecule has 18 heavy (non-hydrogen) atoms. The molecular formula is C10H19N5O2S. The van der Waals surface area contributed by atoms with Crippen molar-refractivity contribution < 1.29 is 8.42 Å². The monoisotopic (exact) mass is 273 g/mol. The molecule has 0 saturated heterocycles. The van der Waals surface area contributed by atoms with E-state index in [9.17, 15) is 8.42 Å². The molecule has 2 N–H and O–H groups in total. The minimum atomic E-state index is -3.15. The van der Waals surface area contributed by atoms with E-state index in [0.717, 1.165) is 30.5 Å². The van der Waals surface area contributed by atoms with Gasteiger partial charge in [0.25, 0.3) is 0 Å². The molecule has 0 aliphatic heterocycles. The van der Waals surface area contributed by atoms with E-state index < -0.39 is 10.0 Å². The van der Waals surface area contributed by atoms with E-state index in [1.54, 1.807) is 0 Å². The molecule has 0 amide bonds. The Labute approximate surface area is 107 Å². The van der Waals surface area contributed by atoms with Crippen LogP contribution in [-0.2, 0) is 22.9 Å². The molecule has 0 fully saturated rings. The highest BCUT2D eigenvalue weighted by atomic mass is 32.2. The number of rotatable bonds is 7. The molecule has 102 valence electrons. The fourth-order valence-corrected chi connectivity index (χ4v) is 1.90. The van der Waals surface area contributed by atoms with Crippen molar-refractivity contribution in [1.82, 2.24) is 19.9 Å². The molecule has 1 aromatic heterocycles. The lowest BCUT2D eigenvalue weighted by molar-refractivity contribution is 0.589. The van der Waals surface area contributed by atoms with E-state index in [1.807, 2.05) is 13.8 Å². The molecule has 0 aliphatic carbocycles. The van der Waals surface area contributed by atoms with Gasteiger partial charge in [-0.25, -0.2) is 18.1 Å². The first-order valence-electron chi connectivity index (χ1n) is 5.87. The van der Waals surface area contributed by atoms with Crippen molar-refractivity contribution in [2.75, 3.05) is 24.7 Å². The molecule has 8 heteroatoms. The first kappa shape index (κ1) is 14.8. The van der Waals surface area contributed by atoms with Crippen LogP contribution < -0.4 is 10.0 Å². The summed E-state index contributed by atoms with van der Waals surface area (Å²) in [7, 11) is -3.15. The maximum absolute atomic E-state index is 10.8.